The van der Waals surface area contributed by atoms with Crippen molar-refractivity contribution in [2.24, 2.45) is 5.92 Å². The lowest BCUT2D eigenvalue weighted by Crippen LogP contribution is -2.24. The van der Waals surface area contributed by atoms with E-state index >= 15 is 0 Å². The molecule has 100 valence electrons. The van der Waals surface area contributed by atoms with Crippen LogP contribution in [0.15, 0.2) is 18.2 Å². The highest BCUT2D eigenvalue weighted by atomic mass is 16.5. The van der Waals surface area contributed by atoms with Gasteiger partial charge in [0.05, 0.1) is 12.7 Å². The molecule has 1 unspecified atom stereocenters. The lowest BCUT2D eigenvalue weighted by molar-refractivity contribution is 0.0602. The Morgan fingerprint density at radius 2 is 2.17 bits per heavy atom. The molecule has 1 rings (SSSR count). The Balaban J connectivity index is 2.94. The molecule has 0 amide bonds. The number of benzene rings is 1. The van der Waals surface area contributed by atoms with Crippen LogP contribution in [0.4, 0.5) is 11.4 Å². The summed E-state index contributed by atoms with van der Waals surface area (Å²) in [6.45, 7) is 5.32. The largest absolute Gasteiger partial charge is 0.465 e. The molecule has 0 heterocycles. The molecule has 1 aromatic carbocycles. The molecule has 0 aliphatic carbocycles. The molecule has 0 bridgehead atoms. The molecule has 0 spiro atoms. The van der Waals surface area contributed by atoms with Crippen molar-refractivity contribution in [2.75, 3.05) is 31.3 Å². The van der Waals surface area contributed by atoms with Gasteiger partial charge in [-0.05, 0) is 24.1 Å². The highest BCUT2D eigenvalue weighted by Crippen LogP contribution is 2.22. The average Bonchev–Trinajstić information content (AvgIpc) is 2.38. The first-order valence-electron chi connectivity index (χ1n) is 6.18. The van der Waals surface area contributed by atoms with E-state index in [2.05, 4.69) is 18.7 Å². The Hall–Kier alpha value is -1.71. The van der Waals surface area contributed by atoms with Gasteiger partial charge >= 0.3 is 5.97 Å². The van der Waals surface area contributed by atoms with E-state index in [4.69, 9.17) is 10.5 Å². The Kier molecular flexibility index (Phi) is 5.01. The molecule has 4 heteroatoms. The molecule has 0 saturated heterocycles. The van der Waals surface area contributed by atoms with Gasteiger partial charge in [-0.1, -0.05) is 20.3 Å². The summed E-state index contributed by atoms with van der Waals surface area (Å²) in [5, 5.41) is 0. The number of nitrogens with zero attached hydrogens (tertiary/aromatic N) is 1. The number of esters is 1. The summed E-state index contributed by atoms with van der Waals surface area (Å²) in [4.78, 5) is 13.7. The molecule has 2 N–H and O–H groups in total. The van der Waals surface area contributed by atoms with Crippen LogP contribution >= 0.6 is 0 Å². The summed E-state index contributed by atoms with van der Waals surface area (Å²) < 4.78 is 4.72. The van der Waals surface area contributed by atoms with E-state index in [1.54, 1.807) is 12.1 Å². The molecule has 0 aliphatic heterocycles. The van der Waals surface area contributed by atoms with Crippen LogP contribution in [0.5, 0.6) is 0 Å². The number of hydrogen-bond acceptors (Lipinski definition) is 4. The van der Waals surface area contributed by atoms with Crippen LogP contribution in [-0.2, 0) is 4.74 Å². The quantitative estimate of drug-likeness (QED) is 0.644. The summed E-state index contributed by atoms with van der Waals surface area (Å²) in [6.07, 6.45) is 1.13. The lowest BCUT2D eigenvalue weighted by Gasteiger charge is -2.23. The predicted octanol–water partition coefficient (Wildman–Crippen LogP) is 2.54. The number of rotatable bonds is 5. The van der Waals surface area contributed by atoms with E-state index in [9.17, 15) is 4.79 Å². The normalized spacial score (nSPS) is 12.0. The fourth-order valence-corrected chi connectivity index (χ4v) is 1.77. The van der Waals surface area contributed by atoms with Crippen molar-refractivity contribution in [3.8, 4) is 0 Å². The topological polar surface area (TPSA) is 55.6 Å². The Morgan fingerprint density at radius 3 is 2.72 bits per heavy atom. The fourth-order valence-electron chi connectivity index (χ4n) is 1.77. The maximum absolute atomic E-state index is 11.6. The van der Waals surface area contributed by atoms with Gasteiger partial charge in [0.15, 0.2) is 0 Å². The molecule has 0 radical (unpaired) electrons. The van der Waals surface area contributed by atoms with Gasteiger partial charge in [0.1, 0.15) is 0 Å². The maximum atomic E-state index is 11.6. The van der Waals surface area contributed by atoms with Crippen molar-refractivity contribution < 1.29 is 9.53 Å². The second-order valence-electron chi connectivity index (χ2n) is 4.66. The summed E-state index contributed by atoms with van der Waals surface area (Å²) in [5.41, 5.74) is 7.62. The van der Waals surface area contributed by atoms with Crippen LogP contribution in [0, 0.1) is 5.92 Å². The van der Waals surface area contributed by atoms with E-state index in [-0.39, 0.29) is 0 Å². The average molecular weight is 250 g/mol. The number of hydrogen-bond donors (Lipinski definition) is 1. The van der Waals surface area contributed by atoms with Gasteiger partial charge in [-0.3, -0.25) is 0 Å². The standard InChI is InChI=1S/C14H22N2O2/c1-5-10(2)9-16(3)11-6-7-13(15)12(8-11)14(17)18-4/h6-8,10H,5,9,15H2,1-4H3. The number of anilines is 2. The van der Waals surface area contributed by atoms with Gasteiger partial charge in [0.2, 0.25) is 0 Å². The molecule has 1 atom stereocenters. The van der Waals surface area contributed by atoms with Crippen LogP contribution in [-0.4, -0.2) is 26.7 Å². The molecule has 18 heavy (non-hydrogen) atoms. The fraction of sp³-hybridized carbons (Fsp3) is 0.500. The Labute approximate surface area is 109 Å². The summed E-state index contributed by atoms with van der Waals surface area (Å²) >= 11 is 0. The highest BCUT2D eigenvalue weighted by Gasteiger charge is 2.13. The Morgan fingerprint density at radius 1 is 1.50 bits per heavy atom. The van der Waals surface area contributed by atoms with E-state index in [0.29, 0.717) is 17.2 Å². The van der Waals surface area contributed by atoms with Gasteiger partial charge in [0.25, 0.3) is 0 Å². The predicted molar refractivity (Wildman–Crippen MR) is 74.9 cm³/mol. The third-order valence-corrected chi connectivity index (χ3v) is 3.17. The summed E-state index contributed by atoms with van der Waals surface area (Å²) in [5.74, 6) is 0.209. The molecular formula is C14H22N2O2. The number of nitrogen functional groups attached to an aromatic ring is 1. The first kappa shape index (κ1) is 14.4. The number of methoxy groups -OCH3 is 1. The van der Waals surface area contributed by atoms with E-state index < -0.39 is 5.97 Å². The zero-order chi connectivity index (χ0) is 13.7. The van der Waals surface area contributed by atoms with Crippen LogP contribution in [0.1, 0.15) is 30.6 Å². The van der Waals surface area contributed by atoms with Crippen molar-refractivity contribution in [3.63, 3.8) is 0 Å². The van der Waals surface area contributed by atoms with Crippen LogP contribution in [0.2, 0.25) is 0 Å². The van der Waals surface area contributed by atoms with Crippen molar-refractivity contribution in [2.45, 2.75) is 20.3 Å². The molecule has 1 aromatic rings. The number of carbonyl (C=O) groups is 1. The first-order valence-corrected chi connectivity index (χ1v) is 6.18. The van der Waals surface area contributed by atoms with Crippen molar-refractivity contribution in [1.82, 2.24) is 0 Å². The lowest BCUT2D eigenvalue weighted by atomic mass is 10.1. The molecule has 0 fully saturated rings. The van der Waals surface area contributed by atoms with Crippen molar-refractivity contribution in [3.05, 3.63) is 23.8 Å². The Bertz CT molecular complexity index is 418. The molecule has 0 aromatic heterocycles. The number of nitrogens with two attached hydrogens (primary N) is 1. The second-order valence-corrected chi connectivity index (χ2v) is 4.66. The minimum atomic E-state index is -0.397. The highest BCUT2D eigenvalue weighted by molar-refractivity contribution is 5.96. The SMILES string of the molecule is CCC(C)CN(C)c1ccc(N)c(C(=O)OC)c1. The van der Waals surface area contributed by atoms with Gasteiger partial charge < -0.3 is 15.4 Å². The monoisotopic (exact) mass is 250 g/mol. The minimum absolute atomic E-state index is 0.397. The minimum Gasteiger partial charge on any atom is -0.465 e. The van der Waals surface area contributed by atoms with Crippen LogP contribution < -0.4 is 10.6 Å². The molecule has 0 saturated carbocycles. The third kappa shape index (κ3) is 3.39. The second kappa shape index (κ2) is 6.28. The summed E-state index contributed by atoms with van der Waals surface area (Å²) in [7, 11) is 3.37. The van der Waals surface area contributed by atoms with Crippen LogP contribution in [0.25, 0.3) is 0 Å². The zero-order valence-corrected chi connectivity index (χ0v) is 11.6. The van der Waals surface area contributed by atoms with Crippen LogP contribution in [0.3, 0.4) is 0 Å². The van der Waals surface area contributed by atoms with E-state index in [1.807, 2.05) is 13.1 Å². The van der Waals surface area contributed by atoms with Gasteiger partial charge in [-0.25, -0.2) is 4.79 Å². The number of carbonyl (C=O) groups excluding carboxylic acids is 1. The number of ether oxygens (including phenoxy) is 1. The smallest absolute Gasteiger partial charge is 0.340 e. The molecule has 0 aliphatic rings. The van der Waals surface area contributed by atoms with Gasteiger partial charge in [0, 0.05) is 25.0 Å². The third-order valence-electron chi connectivity index (χ3n) is 3.17. The van der Waals surface area contributed by atoms with Gasteiger partial charge in [-0.2, -0.15) is 0 Å². The maximum Gasteiger partial charge on any atom is 0.340 e. The van der Waals surface area contributed by atoms with Gasteiger partial charge in [-0.15, -0.1) is 0 Å². The molecule has 4 nitrogen and oxygen atoms in total. The summed E-state index contributed by atoms with van der Waals surface area (Å²) in [6, 6.07) is 5.45. The van der Waals surface area contributed by atoms with Crippen molar-refractivity contribution in [1.29, 1.82) is 0 Å². The van der Waals surface area contributed by atoms with Crippen molar-refractivity contribution >= 4 is 17.3 Å². The van der Waals surface area contributed by atoms with E-state index in [1.165, 1.54) is 7.11 Å². The zero-order valence-electron chi connectivity index (χ0n) is 11.6. The van der Waals surface area contributed by atoms with E-state index in [0.717, 1.165) is 18.7 Å². The molecular weight excluding hydrogens is 228 g/mol. The first-order chi connectivity index (χ1) is 8.49.